The predicted molar refractivity (Wildman–Crippen MR) is 51.4 cm³/mol. The van der Waals surface area contributed by atoms with Crippen LogP contribution < -0.4 is 0 Å². The first-order valence-corrected chi connectivity index (χ1v) is 4.45. The summed E-state index contributed by atoms with van der Waals surface area (Å²) in [5.74, 6) is 0.263. The Balaban J connectivity index is 2.75. The van der Waals surface area contributed by atoms with Gasteiger partial charge in [-0.3, -0.25) is 0 Å². The quantitative estimate of drug-likeness (QED) is 0.630. The summed E-state index contributed by atoms with van der Waals surface area (Å²) >= 11 is 0. The number of nitrogens with zero attached hydrogens (tertiary/aromatic N) is 1. The molecular weight excluding hydrogens is 165 g/mol. The highest BCUT2D eigenvalue weighted by Gasteiger charge is 2.07. The highest BCUT2D eigenvalue weighted by Crippen LogP contribution is 2.19. The van der Waals surface area contributed by atoms with E-state index in [4.69, 9.17) is 0 Å². The van der Waals surface area contributed by atoms with E-state index in [9.17, 15) is 4.39 Å². The van der Waals surface area contributed by atoms with Crippen LogP contribution in [0.3, 0.4) is 0 Å². The van der Waals surface area contributed by atoms with Gasteiger partial charge in [0.2, 0.25) is 0 Å². The van der Waals surface area contributed by atoms with Gasteiger partial charge >= 0.3 is 0 Å². The van der Waals surface area contributed by atoms with Crippen molar-refractivity contribution in [2.45, 2.75) is 19.8 Å². The first-order chi connectivity index (χ1) is 6.20. The van der Waals surface area contributed by atoms with Gasteiger partial charge in [-0.25, -0.2) is 4.39 Å². The lowest BCUT2D eigenvalue weighted by molar-refractivity contribution is 0.631. The second-order valence-electron chi connectivity index (χ2n) is 3.52. The number of hydrogen-bond acceptors (Lipinski definition) is 0. The molecule has 0 N–H and O–H groups in total. The molecule has 68 valence electrons. The van der Waals surface area contributed by atoms with Crippen molar-refractivity contribution in [1.82, 2.24) is 4.40 Å². The molecule has 0 saturated heterocycles. The topological polar surface area (TPSA) is 4.41 Å². The summed E-state index contributed by atoms with van der Waals surface area (Å²) in [4.78, 5) is 0. The van der Waals surface area contributed by atoms with Crippen LogP contribution >= 0.6 is 0 Å². The van der Waals surface area contributed by atoms with Crippen LogP contribution in [-0.4, -0.2) is 4.40 Å². The summed E-state index contributed by atoms with van der Waals surface area (Å²) in [5.41, 5.74) is 1.81. The Morgan fingerprint density at radius 3 is 2.69 bits per heavy atom. The highest BCUT2D eigenvalue weighted by atomic mass is 19.1. The Morgan fingerprint density at radius 2 is 2.00 bits per heavy atom. The zero-order valence-corrected chi connectivity index (χ0v) is 7.79. The molecule has 0 aliphatic heterocycles. The van der Waals surface area contributed by atoms with Gasteiger partial charge in [0.15, 0.2) is 0 Å². The van der Waals surface area contributed by atoms with E-state index in [1.54, 1.807) is 6.07 Å². The van der Waals surface area contributed by atoms with Gasteiger partial charge in [0.1, 0.15) is 5.82 Å². The molecule has 2 aromatic rings. The van der Waals surface area contributed by atoms with Gasteiger partial charge in [-0.2, -0.15) is 0 Å². The van der Waals surface area contributed by atoms with Crippen LogP contribution in [0, 0.1) is 5.82 Å². The number of pyridine rings is 1. The van der Waals surface area contributed by atoms with Gasteiger partial charge in [0, 0.05) is 11.9 Å². The number of aromatic nitrogens is 1. The zero-order chi connectivity index (χ0) is 9.42. The van der Waals surface area contributed by atoms with Crippen molar-refractivity contribution in [2.75, 3.05) is 0 Å². The maximum atomic E-state index is 13.2. The highest BCUT2D eigenvalue weighted by molar-refractivity contribution is 5.51. The van der Waals surface area contributed by atoms with Crippen molar-refractivity contribution in [1.29, 1.82) is 0 Å². The van der Waals surface area contributed by atoms with Gasteiger partial charge in [-0.15, -0.1) is 0 Å². The van der Waals surface area contributed by atoms with Crippen molar-refractivity contribution in [3.8, 4) is 0 Å². The lowest BCUT2D eigenvalue weighted by Gasteiger charge is -2.05. The van der Waals surface area contributed by atoms with Crippen LogP contribution in [0.1, 0.15) is 25.5 Å². The second kappa shape index (κ2) is 2.87. The van der Waals surface area contributed by atoms with Crippen LogP contribution in [0.25, 0.3) is 5.52 Å². The molecule has 0 spiro atoms. The minimum atomic E-state index is -0.158. The summed E-state index contributed by atoms with van der Waals surface area (Å²) < 4.78 is 15.1. The Labute approximate surface area is 76.8 Å². The minimum Gasteiger partial charge on any atom is -0.318 e. The maximum absolute atomic E-state index is 13.2. The molecule has 0 unspecified atom stereocenters. The molecule has 0 aromatic carbocycles. The summed E-state index contributed by atoms with van der Waals surface area (Å²) in [6.45, 7) is 4.21. The third-order valence-corrected chi connectivity index (χ3v) is 2.26. The number of rotatable bonds is 1. The molecule has 0 saturated carbocycles. The SMILES string of the molecule is CC(C)c1ccc2c(F)cccn12. The van der Waals surface area contributed by atoms with Crippen molar-refractivity contribution in [3.05, 3.63) is 42.0 Å². The average molecular weight is 177 g/mol. The van der Waals surface area contributed by atoms with Gasteiger partial charge in [-0.05, 0) is 30.2 Å². The van der Waals surface area contributed by atoms with E-state index in [1.807, 2.05) is 22.7 Å². The van der Waals surface area contributed by atoms with E-state index in [0.29, 0.717) is 11.4 Å². The van der Waals surface area contributed by atoms with Crippen LogP contribution in [0.4, 0.5) is 4.39 Å². The fourth-order valence-corrected chi connectivity index (χ4v) is 1.59. The summed E-state index contributed by atoms with van der Waals surface area (Å²) in [6.07, 6.45) is 1.90. The standard InChI is InChI=1S/C11H12FN/c1-8(2)10-5-6-11-9(12)4-3-7-13(10)11/h3-8H,1-2H3. The Morgan fingerprint density at radius 1 is 1.23 bits per heavy atom. The third-order valence-electron chi connectivity index (χ3n) is 2.26. The van der Waals surface area contributed by atoms with Crippen LogP contribution in [-0.2, 0) is 0 Å². The van der Waals surface area contributed by atoms with Crippen molar-refractivity contribution in [2.24, 2.45) is 0 Å². The molecule has 1 nitrogen and oxygen atoms in total. The van der Waals surface area contributed by atoms with Crippen molar-refractivity contribution < 1.29 is 4.39 Å². The fourth-order valence-electron chi connectivity index (χ4n) is 1.59. The smallest absolute Gasteiger partial charge is 0.147 e. The van der Waals surface area contributed by atoms with E-state index >= 15 is 0 Å². The van der Waals surface area contributed by atoms with Crippen LogP contribution in [0.15, 0.2) is 30.5 Å². The summed E-state index contributed by atoms with van der Waals surface area (Å²) in [7, 11) is 0. The van der Waals surface area contributed by atoms with Gasteiger partial charge in [0.05, 0.1) is 5.52 Å². The lowest BCUT2D eigenvalue weighted by atomic mass is 10.1. The molecule has 2 aromatic heterocycles. The van der Waals surface area contributed by atoms with E-state index < -0.39 is 0 Å². The maximum Gasteiger partial charge on any atom is 0.147 e. The zero-order valence-electron chi connectivity index (χ0n) is 7.79. The number of fused-ring (bicyclic) bond motifs is 1. The lowest BCUT2D eigenvalue weighted by Crippen LogP contribution is -1.95. The Bertz CT molecular complexity index is 429. The Kier molecular flexibility index (Phi) is 1.83. The average Bonchev–Trinajstić information content (AvgIpc) is 2.48. The largest absolute Gasteiger partial charge is 0.318 e. The van der Waals surface area contributed by atoms with Gasteiger partial charge < -0.3 is 4.40 Å². The molecule has 2 heteroatoms. The normalized spacial score (nSPS) is 11.4. The predicted octanol–water partition coefficient (Wildman–Crippen LogP) is 3.20. The summed E-state index contributed by atoms with van der Waals surface area (Å²) in [5, 5.41) is 0. The van der Waals surface area contributed by atoms with E-state index in [0.717, 1.165) is 5.69 Å². The number of halogens is 1. The molecule has 0 amide bonds. The first-order valence-electron chi connectivity index (χ1n) is 4.45. The number of hydrogen-bond donors (Lipinski definition) is 0. The first kappa shape index (κ1) is 8.30. The molecule has 0 bridgehead atoms. The van der Waals surface area contributed by atoms with Crippen LogP contribution in [0.5, 0.6) is 0 Å². The van der Waals surface area contributed by atoms with Gasteiger partial charge in [-0.1, -0.05) is 13.8 Å². The van der Waals surface area contributed by atoms with Crippen molar-refractivity contribution in [3.63, 3.8) is 0 Å². The third kappa shape index (κ3) is 1.22. The molecule has 13 heavy (non-hydrogen) atoms. The van der Waals surface area contributed by atoms with E-state index in [2.05, 4.69) is 13.8 Å². The Hall–Kier alpha value is -1.31. The molecule has 0 aliphatic rings. The fraction of sp³-hybridized carbons (Fsp3) is 0.273. The molecule has 2 heterocycles. The molecule has 0 atom stereocenters. The minimum absolute atomic E-state index is 0.158. The second-order valence-corrected chi connectivity index (χ2v) is 3.52. The molecular formula is C11H12FN. The van der Waals surface area contributed by atoms with Crippen LogP contribution in [0.2, 0.25) is 0 Å². The summed E-state index contributed by atoms with van der Waals surface area (Å²) in [6, 6.07) is 7.02. The van der Waals surface area contributed by atoms with Gasteiger partial charge in [0.25, 0.3) is 0 Å². The molecule has 0 aliphatic carbocycles. The van der Waals surface area contributed by atoms with Crippen molar-refractivity contribution >= 4 is 5.52 Å². The van der Waals surface area contributed by atoms with E-state index in [1.165, 1.54) is 6.07 Å². The molecule has 0 radical (unpaired) electrons. The van der Waals surface area contributed by atoms with E-state index in [-0.39, 0.29) is 5.82 Å². The molecule has 0 fully saturated rings. The molecule has 2 rings (SSSR count). The monoisotopic (exact) mass is 177 g/mol.